The van der Waals surface area contributed by atoms with E-state index >= 15 is 0 Å². The van der Waals surface area contributed by atoms with Gasteiger partial charge in [0.05, 0.1) is 16.9 Å². The topological polar surface area (TPSA) is 67.2 Å². The van der Waals surface area contributed by atoms with Crippen LogP contribution in [0.5, 0.6) is 0 Å². The normalized spacial score (nSPS) is 11.5. The molecule has 5 nitrogen and oxygen atoms in total. The summed E-state index contributed by atoms with van der Waals surface area (Å²) in [5.74, 6) is -0.151. The highest BCUT2D eigenvalue weighted by Gasteiger charge is 2.26. The Balaban J connectivity index is 2.36. The first-order chi connectivity index (χ1) is 10.8. The highest BCUT2D eigenvalue weighted by molar-refractivity contribution is 5.95. The Morgan fingerprint density at radius 3 is 2.48 bits per heavy atom. The van der Waals surface area contributed by atoms with Crippen LogP contribution in [0.3, 0.4) is 0 Å². The number of aryl methyl sites for hydroxylation is 1. The second-order valence-electron chi connectivity index (χ2n) is 6.75. The van der Waals surface area contributed by atoms with Crippen molar-refractivity contribution >= 4 is 5.91 Å². The van der Waals surface area contributed by atoms with E-state index in [0.29, 0.717) is 18.5 Å². The molecule has 5 heteroatoms. The van der Waals surface area contributed by atoms with Crippen molar-refractivity contribution in [1.29, 1.82) is 0 Å². The zero-order valence-electron chi connectivity index (χ0n) is 14.3. The minimum atomic E-state index is -0.237. The molecule has 0 aliphatic rings. The molecule has 2 aromatic rings. The molecule has 0 aliphatic heterocycles. The average Bonchev–Trinajstić information content (AvgIpc) is 2.93. The van der Waals surface area contributed by atoms with Crippen molar-refractivity contribution in [2.45, 2.75) is 39.5 Å². The SMILES string of the molecule is Cc1ccc(-n2cc(C(=O)NCCCO)c(C(C)(C)C)n2)cc1. The molecule has 0 radical (unpaired) electrons. The smallest absolute Gasteiger partial charge is 0.254 e. The molecular formula is C18H25N3O2. The quantitative estimate of drug-likeness (QED) is 0.833. The summed E-state index contributed by atoms with van der Waals surface area (Å²) in [4.78, 5) is 12.4. The van der Waals surface area contributed by atoms with Gasteiger partial charge in [0.15, 0.2) is 0 Å². The van der Waals surface area contributed by atoms with Gasteiger partial charge in [0.1, 0.15) is 0 Å². The van der Waals surface area contributed by atoms with E-state index in [9.17, 15) is 4.79 Å². The first-order valence-electron chi connectivity index (χ1n) is 7.89. The summed E-state index contributed by atoms with van der Waals surface area (Å²) in [5.41, 5.74) is 3.21. The number of hydrogen-bond acceptors (Lipinski definition) is 3. The van der Waals surface area contributed by atoms with E-state index in [1.165, 1.54) is 5.56 Å². The number of aromatic nitrogens is 2. The highest BCUT2D eigenvalue weighted by Crippen LogP contribution is 2.25. The number of hydrogen-bond donors (Lipinski definition) is 2. The zero-order valence-corrected chi connectivity index (χ0v) is 14.3. The van der Waals surface area contributed by atoms with Crippen molar-refractivity contribution in [3.63, 3.8) is 0 Å². The van der Waals surface area contributed by atoms with Gasteiger partial charge in [-0.1, -0.05) is 38.5 Å². The summed E-state index contributed by atoms with van der Waals surface area (Å²) in [5, 5.41) is 16.3. The van der Waals surface area contributed by atoms with Gasteiger partial charge in [0.25, 0.3) is 5.91 Å². The van der Waals surface area contributed by atoms with Gasteiger partial charge in [-0.15, -0.1) is 0 Å². The van der Waals surface area contributed by atoms with Gasteiger partial charge in [-0.2, -0.15) is 5.10 Å². The molecule has 0 unspecified atom stereocenters. The molecular weight excluding hydrogens is 290 g/mol. The van der Waals surface area contributed by atoms with E-state index in [1.807, 2.05) is 52.0 Å². The molecule has 2 rings (SSSR count). The Morgan fingerprint density at radius 2 is 1.91 bits per heavy atom. The number of benzene rings is 1. The van der Waals surface area contributed by atoms with Crippen LogP contribution in [0.15, 0.2) is 30.5 Å². The average molecular weight is 315 g/mol. The van der Waals surface area contributed by atoms with E-state index < -0.39 is 0 Å². The van der Waals surface area contributed by atoms with Crippen LogP contribution in [-0.4, -0.2) is 33.9 Å². The zero-order chi connectivity index (χ0) is 17.0. The Bertz CT molecular complexity index is 667. The minimum Gasteiger partial charge on any atom is -0.396 e. The van der Waals surface area contributed by atoms with Crippen LogP contribution < -0.4 is 5.32 Å². The lowest BCUT2D eigenvalue weighted by Gasteiger charge is -2.17. The largest absolute Gasteiger partial charge is 0.396 e. The van der Waals surface area contributed by atoms with Gasteiger partial charge in [0.2, 0.25) is 0 Å². The molecule has 0 saturated heterocycles. The molecule has 0 saturated carbocycles. The first kappa shape index (κ1) is 17.2. The summed E-state index contributed by atoms with van der Waals surface area (Å²) >= 11 is 0. The van der Waals surface area contributed by atoms with Crippen LogP contribution in [0.2, 0.25) is 0 Å². The summed E-state index contributed by atoms with van der Waals surface area (Å²) in [6.45, 7) is 8.68. The summed E-state index contributed by atoms with van der Waals surface area (Å²) < 4.78 is 1.75. The van der Waals surface area contributed by atoms with Gasteiger partial charge in [-0.3, -0.25) is 4.79 Å². The van der Waals surface area contributed by atoms with Gasteiger partial charge in [-0.05, 0) is 25.5 Å². The van der Waals surface area contributed by atoms with Crippen LogP contribution in [0.4, 0.5) is 0 Å². The second kappa shape index (κ2) is 6.96. The van der Waals surface area contributed by atoms with E-state index in [0.717, 1.165) is 11.4 Å². The van der Waals surface area contributed by atoms with Crippen LogP contribution >= 0.6 is 0 Å². The molecule has 1 heterocycles. The van der Waals surface area contributed by atoms with Crippen molar-refractivity contribution in [2.24, 2.45) is 0 Å². The molecule has 0 aliphatic carbocycles. The van der Waals surface area contributed by atoms with Crippen LogP contribution in [-0.2, 0) is 5.41 Å². The van der Waals surface area contributed by atoms with E-state index in [1.54, 1.807) is 10.9 Å². The van der Waals surface area contributed by atoms with Gasteiger partial charge in [-0.25, -0.2) is 4.68 Å². The minimum absolute atomic E-state index is 0.0645. The number of carbonyl (C=O) groups is 1. The van der Waals surface area contributed by atoms with Crippen LogP contribution in [0.1, 0.15) is 48.8 Å². The number of nitrogens with one attached hydrogen (secondary N) is 1. The first-order valence-corrected chi connectivity index (χ1v) is 7.89. The third-order valence-corrected chi connectivity index (χ3v) is 3.59. The van der Waals surface area contributed by atoms with Crippen molar-refractivity contribution < 1.29 is 9.90 Å². The predicted molar refractivity (Wildman–Crippen MR) is 91.0 cm³/mol. The van der Waals surface area contributed by atoms with Crippen molar-refractivity contribution in [2.75, 3.05) is 13.2 Å². The number of carbonyl (C=O) groups excluding carboxylic acids is 1. The predicted octanol–water partition coefficient (Wildman–Crippen LogP) is 2.59. The fourth-order valence-corrected chi connectivity index (χ4v) is 2.30. The number of aliphatic hydroxyl groups is 1. The third-order valence-electron chi connectivity index (χ3n) is 3.59. The van der Waals surface area contributed by atoms with Gasteiger partial charge < -0.3 is 10.4 Å². The molecule has 2 N–H and O–H groups in total. The van der Waals surface area contributed by atoms with Crippen molar-refractivity contribution in [3.05, 3.63) is 47.3 Å². The van der Waals surface area contributed by atoms with E-state index in [2.05, 4.69) is 10.4 Å². The third kappa shape index (κ3) is 4.20. The summed E-state index contributed by atoms with van der Waals surface area (Å²) in [7, 11) is 0. The van der Waals surface area contributed by atoms with E-state index in [-0.39, 0.29) is 17.9 Å². The van der Waals surface area contributed by atoms with Crippen LogP contribution in [0, 0.1) is 6.92 Å². The van der Waals surface area contributed by atoms with Crippen LogP contribution in [0.25, 0.3) is 5.69 Å². The lowest BCUT2D eigenvalue weighted by atomic mass is 9.89. The van der Waals surface area contributed by atoms with Crippen molar-refractivity contribution in [1.82, 2.24) is 15.1 Å². The summed E-state index contributed by atoms with van der Waals surface area (Å²) in [6, 6.07) is 8.02. The lowest BCUT2D eigenvalue weighted by molar-refractivity contribution is 0.0949. The maximum Gasteiger partial charge on any atom is 0.254 e. The Morgan fingerprint density at radius 1 is 1.26 bits per heavy atom. The molecule has 0 fully saturated rings. The number of nitrogens with zero attached hydrogens (tertiary/aromatic N) is 2. The number of rotatable bonds is 5. The molecule has 23 heavy (non-hydrogen) atoms. The standard InChI is InChI=1S/C18H25N3O2/c1-13-6-8-14(9-7-13)21-12-15(16(20-21)18(2,3)4)17(23)19-10-5-11-22/h6-9,12,22H,5,10-11H2,1-4H3,(H,19,23). The molecule has 0 bridgehead atoms. The Kier molecular flexibility index (Phi) is 5.21. The Labute approximate surface area is 137 Å². The van der Waals surface area contributed by atoms with Crippen molar-refractivity contribution in [3.8, 4) is 5.69 Å². The lowest BCUT2D eigenvalue weighted by Crippen LogP contribution is -2.27. The molecule has 1 amide bonds. The maximum atomic E-state index is 12.4. The molecule has 1 aromatic heterocycles. The van der Waals surface area contributed by atoms with E-state index in [4.69, 9.17) is 5.11 Å². The monoisotopic (exact) mass is 315 g/mol. The summed E-state index contributed by atoms with van der Waals surface area (Å²) in [6.07, 6.45) is 2.32. The molecule has 124 valence electrons. The highest BCUT2D eigenvalue weighted by atomic mass is 16.3. The second-order valence-corrected chi connectivity index (χ2v) is 6.75. The van der Waals surface area contributed by atoms with Gasteiger partial charge >= 0.3 is 0 Å². The number of amides is 1. The fourth-order valence-electron chi connectivity index (χ4n) is 2.30. The van der Waals surface area contributed by atoms with Gasteiger partial charge in [0, 0.05) is 24.8 Å². The fraction of sp³-hybridized carbons (Fsp3) is 0.444. The maximum absolute atomic E-state index is 12.4. The molecule has 0 atom stereocenters. The molecule has 0 spiro atoms. The number of aliphatic hydroxyl groups excluding tert-OH is 1. The Hall–Kier alpha value is -2.14. The molecule has 1 aromatic carbocycles.